The van der Waals surface area contributed by atoms with Gasteiger partial charge in [-0.1, -0.05) is 126 Å². The van der Waals surface area contributed by atoms with Crippen LogP contribution >= 0.6 is 15.6 Å². The molecule has 0 aromatic carbocycles. The number of carbonyl (C=O) groups is 3. The van der Waals surface area contributed by atoms with Crippen molar-refractivity contribution in [3.05, 3.63) is 60.8 Å². The third kappa shape index (κ3) is 33.0. The molecule has 1 rings (SSSR count). The van der Waals surface area contributed by atoms with E-state index in [1.807, 2.05) is 12.2 Å². The van der Waals surface area contributed by atoms with E-state index in [-0.39, 0.29) is 36.9 Å². The summed E-state index contributed by atoms with van der Waals surface area (Å²) < 4.78 is 47.8. The summed E-state index contributed by atoms with van der Waals surface area (Å²) in [5.74, 6) is -1.96. The minimum atomic E-state index is -4.91. The Morgan fingerprint density at radius 1 is 0.688 bits per heavy atom. The van der Waals surface area contributed by atoms with Crippen molar-refractivity contribution in [2.45, 2.75) is 173 Å². The fraction of sp³-hybridized carbons (Fsp3) is 0.717. The predicted octanol–water partition coefficient (Wildman–Crippen LogP) is 8.60. The van der Waals surface area contributed by atoms with E-state index in [1.54, 1.807) is 12.2 Å². The quantitative estimate of drug-likeness (QED) is 0.0146. The molecule has 0 bridgehead atoms. The van der Waals surface area contributed by atoms with Crippen LogP contribution in [0.25, 0.3) is 0 Å². The molecule has 0 radical (unpaired) electrons. The van der Waals surface area contributed by atoms with Gasteiger partial charge in [-0.25, -0.2) is 9.13 Å². The molecule has 16 nitrogen and oxygen atoms in total. The first kappa shape index (κ1) is 59.4. The standard InChI is InChI=1S/C46H78O16P2/c1-3-5-7-8-9-10-11-12-13-14-15-16-17-18-19-20-25-29-45(51)58-36-40(37-61-64(56,57)60-35-39(48)34-59-63(53,54)55)62-46(52)30-26-22-21-24-28-41-42(44(50)33-43(41)49)32-31-38(47)27-23-6-4-2/h9-10,12-13,15-16,18-19,31-32,38-42,44,47-48,50H,3-8,11,14,17,20-30,33-37H2,1-2H3,(H,56,57)(H2,53,54,55)/b10-9-,13-12-,16-15-,19-18-,32-31+/t38-,39-,40+,41+,42+,44+/m0/s1. The van der Waals surface area contributed by atoms with E-state index >= 15 is 0 Å². The number of unbranched alkanes of at least 4 members (excludes halogenated alkanes) is 9. The summed E-state index contributed by atoms with van der Waals surface area (Å²) in [6.45, 7) is 1.29. The van der Waals surface area contributed by atoms with Crippen LogP contribution in [-0.2, 0) is 46.6 Å². The lowest BCUT2D eigenvalue weighted by Gasteiger charge is -2.20. The van der Waals surface area contributed by atoms with E-state index in [9.17, 15) is 43.7 Å². The minimum absolute atomic E-state index is 0.00503. The normalized spacial score (nSPS) is 19.7. The molecule has 7 atom stereocenters. The summed E-state index contributed by atoms with van der Waals surface area (Å²) >= 11 is 0. The highest BCUT2D eigenvalue weighted by molar-refractivity contribution is 7.47. The SMILES string of the molecule is CCCCC/C=C\C/C=C\C/C=C\C/C=C\CCCC(=O)OC[C@H](COP(=O)(O)OC[C@@H](O)COP(=O)(O)O)OC(=O)CCCCCC[C@H]1C(=O)C[C@@H](O)[C@@H]1/C=C/[C@@H](O)CCCCC. The molecule has 0 aromatic rings. The number of ketones is 1. The Morgan fingerprint density at radius 2 is 1.25 bits per heavy atom. The molecule has 0 heterocycles. The maximum absolute atomic E-state index is 12.8. The van der Waals surface area contributed by atoms with Crippen molar-refractivity contribution >= 4 is 33.4 Å². The lowest BCUT2D eigenvalue weighted by Crippen LogP contribution is -2.30. The molecule has 1 aliphatic carbocycles. The van der Waals surface area contributed by atoms with Crippen LogP contribution in [0, 0.1) is 11.8 Å². The summed E-state index contributed by atoms with van der Waals surface area (Å²) in [4.78, 5) is 65.6. The molecule has 0 saturated heterocycles. The number of allylic oxidation sites excluding steroid dienone is 8. The largest absolute Gasteiger partial charge is 0.472 e. The number of phosphoric ester groups is 2. The second kappa shape index (κ2) is 36.5. The van der Waals surface area contributed by atoms with Crippen molar-refractivity contribution in [2.24, 2.45) is 11.8 Å². The average Bonchev–Trinajstić information content (AvgIpc) is 3.51. The van der Waals surface area contributed by atoms with Crippen LogP contribution in [0.5, 0.6) is 0 Å². The Labute approximate surface area is 381 Å². The molecule has 1 unspecified atom stereocenters. The van der Waals surface area contributed by atoms with Crippen LogP contribution in [0.15, 0.2) is 60.8 Å². The first-order valence-electron chi connectivity index (χ1n) is 23.1. The molecule has 64 heavy (non-hydrogen) atoms. The van der Waals surface area contributed by atoms with Gasteiger partial charge in [0.2, 0.25) is 0 Å². The lowest BCUT2D eigenvalue weighted by molar-refractivity contribution is -0.161. The first-order chi connectivity index (χ1) is 30.6. The Morgan fingerprint density at radius 3 is 1.89 bits per heavy atom. The number of aliphatic hydroxyl groups is 3. The van der Waals surface area contributed by atoms with Gasteiger partial charge in [0.15, 0.2) is 6.10 Å². The number of hydrogen-bond donors (Lipinski definition) is 6. The molecular formula is C46H78O16P2. The van der Waals surface area contributed by atoms with Crippen LogP contribution in [0.3, 0.4) is 0 Å². The average molecular weight is 949 g/mol. The predicted molar refractivity (Wildman–Crippen MR) is 245 cm³/mol. The summed E-state index contributed by atoms with van der Waals surface area (Å²) in [5, 5.41) is 30.5. The van der Waals surface area contributed by atoms with E-state index in [1.165, 1.54) is 19.3 Å². The van der Waals surface area contributed by atoms with Gasteiger partial charge >= 0.3 is 27.6 Å². The van der Waals surface area contributed by atoms with E-state index in [0.29, 0.717) is 51.4 Å². The van der Waals surface area contributed by atoms with Crippen molar-refractivity contribution in [3.63, 3.8) is 0 Å². The summed E-state index contributed by atoms with van der Waals surface area (Å²) in [5.41, 5.74) is 0. The van der Waals surface area contributed by atoms with Gasteiger partial charge in [-0.15, -0.1) is 0 Å². The van der Waals surface area contributed by atoms with E-state index in [4.69, 9.17) is 23.8 Å². The van der Waals surface area contributed by atoms with Crippen molar-refractivity contribution in [2.75, 3.05) is 26.4 Å². The third-order valence-corrected chi connectivity index (χ3v) is 11.7. The summed E-state index contributed by atoms with van der Waals surface area (Å²) in [6.07, 6.45) is 31.2. The molecule has 1 aliphatic rings. The molecule has 0 amide bonds. The molecule has 0 aromatic heterocycles. The highest BCUT2D eigenvalue weighted by atomic mass is 31.2. The third-order valence-electron chi connectivity index (χ3n) is 10.3. The topological polar surface area (TPSA) is 253 Å². The Balaban J connectivity index is 2.57. The van der Waals surface area contributed by atoms with Gasteiger partial charge in [0.05, 0.1) is 32.0 Å². The molecule has 1 fully saturated rings. The van der Waals surface area contributed by atoms with Crippen molar-refractivity contribution in [1.29, 1.82) is 0 Å². The molecular weight excluding hydrogens is 870 g/mol. The van der Waals surface area contributed by atoms with Gasteiger partial charge in [-0.05, 0) is 64.2 Å². The fourth-order valence-corrected chi connectivity index (χ4v) is 7.86. The van der Waals surface area contributed by atoms with Crippen LogP contribution in [0.2, 0.25) is 0 Å². The number of esters is 2. The number of aliphatic hydroxyl groups excluding tert-OH is 3. The van der Waals surface area contributed by atoms with Gasteiger partial charge in [0.1, 0.15) is 18.5 Å². The molecule has 18 heteroatoms. The number of carbonyl (C=O) groups excluding carboxylic acids is 3. The smallest absolute Gasteiger partial charge is 0.462 e. The van der Waals surface area contributed by atoms with Gasteiger partial charge < -0.3 is 39.5 Å². The molecule has 1 saturated carbocycles. The second-order valence-corrected chi connectivity index (χ2v) is 18.8. The van der Waals surface area contributed by atoms with Gasteiger partial charge in [0, 0.05) is 31.1 Å². The highest BCUT2D eigenvalue weighted by Gasteiger charge is 2.39. The zero-order valence-corrected chi connectivity index (χ0v) is 39.9. The second-order valence-electron chi connectivity index (χ2n) is 16.1. The monoisotopic (exact) mass is 948 g/mol. The van der Waals surface area contributed by atoms with E-state index in [2.05, 4.69) is 59.4 Å². The lowest BCUT2D eigenvalue weighted by atomic mass is 9.88. The molecule has 0 spiro atoms. The van der Waals surface area contributed by atoms with Crippen molar-refractivity contribution in [3.8, 4) is 0 Å². The number of hydrogen-bond acceptors (Lipinski definition) is 13. The zero-order chi connectivity index (χ0) is 47.5. The number of ether oxygens (including phenoxy) is 2. The number of phosphoric acid groups is 2. The maximum Gasteiger partial charge on any atom is 0.472 e. The molecule has 368 valence electrons. The van der Waals surface area contributed by atoms with Crippen LogP contribution in [0.4, 0.5) is 0 Å². The van der Waals surface area contributed by atoms with Crippen molar-refractivity contribution < 1.29 is 76.6 Å². The summed E-state index contributed by atoms with van der Waals surface area (Å²) in [6, 6.07) is 0. The Kier molecular flexibility index (Phi) is 33.9. The maximum atomic E-state index is 12.8. The van der Waals surface area contributed by atoms with Crippen LogP contribution in [-0.4, -0.2) is 98.6 Å². The Bertz CT molecular complexity index is 1520. The molecule has 0 aliphatic heterocycles. The van der Waals surface area contributed by atoms with Gasteiger partial charge in [0.25, 0.3) is 0 Å². The molecule has 6 N–H and O–H groups in total. The van der Waals surface area contributed by atoms with Crippen LogP contribution < -0.4 is 0 Å². The van der Waals surface area contributed by atoms with Crippen molar-refractivity contribution in [1.82, 2.24) is 0 Å². The number of rotatable bonds is 39. The highest BCUT2D eigenvalue weighted by Crippen LogP contribution is 2.44. The summed E-state index contributed by atoms with van der Waals surface area (Å²) in [7, 11) is -9.80. The Hall–Kier alpha value is -2.59. The van der Waals surface area contributed by atoms with E-state index in [0.717, 1.165) is 44.9 Å². The van der Waals surface area contributed by atoms with Gasteiger partial charge in [-0.3, -0.25) is 28.0 Å². The van der Waals surface area contributed by atoms with E-state index < -0.39 is 78.4 Å². The first-order valence-corrected chi connectivity index (χ1v) is 26.1. The fourth-order valence-electron chi connectivity index (χ4n) is 6.71. The number of Topliss-reactive ketones (excluding diaryl/α,β-unsaturated/α-hetero) is 1. The van der Waals surface area contributed by atoms with Crippen LogP contribution in [0.1, 0.15) is 149 Å². The van der Waals surface area contributed by atoms with Gasteiger partial charge in [-0.2, -0.15) is 0 Å². The zero-order valence-electron chi connectivity index (χ0n) is 38.1. The minimum Gasteiger partial charge on any atom is -0.462 e.